The van der Waals surface area contributed by atoms with Gasteiger partial charge in [0, 0.05) is 25.6 Å². The first-order valence-corrected chi connectivity index (χ1v) is 12.4. The lowest BCUT2D eigenvalue weighted by molar-refractivity contribution is -0.321. The van der Waals surface area contributed by atoms with Gasteiger partial charge in [0.2, 0.25) is 11.8 Å². The Labute approximate surface area is 211 Å². The topological polar surface area (TPSA) is 136 Å². The van der Waals surface area contributed by atoms with Crippen molar-refractivity contribution in [3.05, 3.63) is 11.9 Å². The Morgan fingerprint density at radius 3 is 2.62 bits per heavy atom. The minimum Gasteiger partial charge on any atom is -0.356 e. The van der Waals surface area contributed by atoms with Crippen molar-refractivity contribution in [2.24, 2.45) is 17.3 Å². The van der Waals surface area contributed by atoms with Crippen LogP contribution in [-0.4, -0.2) is 81.5 Å². The van der Waals surface area contributed by atoms with Gasteiger partial charge in [-0.05, 0) is 43.4 Å². The number of hydrogen-bond donors (Lipinski definition) is 2. The molecule has 3 atom stereocenters. The average molecular weight is 529 g/mol. The van der Waals surface area contributed by atoms with Crippen molar-refractivity contribution in [2.45, 2.75) is 70.9 Å². The number of nitrogens with zero attached hydrogens (tertiary/aromatic N) is 4. The van der Waals surface area contributed by atoms with E-state index in [0.717, 1.165) is 12.8 Å². The Hall–Kier alpha value is -3.03. The number of likely N-dealkylation sites (tertiary alicyclic amines) is 1. The maximum Gasteiger partial charge on any atom is 0.522 e. The van der Waals surface area contributed by atoms with Crippen molar-refractivity contribution in [3.63, 3.8) is 0 Å². The zero-order chi connectivity index (χ0) is 27.0. The molecular formula is C23H31F3N6O5. The highest BCUT2D eigenvalue weighted by molar-refractivity contribution is 5.98. The van der Waals surface area contributed by atoms with Crippen LogP contribution in [0.25, 0.3) is 0 Å². The standard InChI is InChI=1S/C23H31F3N6O5/c1-13(2)9-31-10-16(29-30-31)21(36)32-12-22(4-5-22)8-17(32)20(35)28-15(7-14-3-6-27-19(14)34)18(33)11-37-23(24,25)26/h10,13-15,17H,3-9,11-12H2,1-2H3,(H,27,34)(H,28,35)/t14-,15-,17-/m0/s1. The smallest absolute Gasteiger partial charge is 0.356 e. The summed E-state index contributed by atoms with van der Waals surface area (Å²) in [5.41, 5.74) is -0.111. The number of carbonyl (C=O) groups is 4. The number of ether oxygens (including phenoxy) is 1. The molecule has 1 aliphatic carbocycles. The highest BCUT2D eigenvalue weighted by Crippen LogP contribution is 2.55. The summed E-state index contributed by atoms with van der Waals surface area (Å²) in [4.78, 5) is 52.7. The van der Waals surface area contributed by atoms with E-state index in [1.54, 1.807) is 4.68 Å². The number of alkyl halides is 3. The molecule has 0 unspecified atom stereocenters. The lowest BCUT2D eigenvalue weighted by Gasteiger charge is -2.26. The van der Waals surface area contributed by atoms with Crippen molar-refractivity contribution in [1.29, 1.82) is 0 Å². The van der Waals surface area contributed by atoms with Crippen molar-refractivity contribution in [1.82, 2.24) is 30.5 Å². The number of hydrogen-bond acceptors (Lipinski definition) is 7. The van der Waals surface area contributed by atoms with Gasteiger partial charge >= 0.3 is 6.36 Å². The molecular weight excluding hydrogens is 497 g/mol. The van der Waals surface area contributed by atoms with E-state index in [0.29, 0.717) is 32.5 Å². The maximum absolute atomic E-state index is 13.4. The number of amides is 3. The SMILES string of the molecule is CC(C)Cn1cc(C(=O)N2CC3(CC3)C[C@H]2C(=O)N[C@@H](C[C@@H]2CCNC2=O)C(=O)COC(F)(F)F)nn1. The first kappa shape index (κ1) is 27.0. The molecule has 3 amide bonds. The molecule has 204 valence electrons. The zero-order valence-corrected chi connectivity index (χ0v) is 20.7. The Morgan fingerprint density at radius 1 is 1.30 bits per heavy atom. The Bertz CT molecular complexity index is 1050. The Morgan fingerprint density at radius 2 is 2.03 bits per heavy atom. The van der Waals surface area contributed by atoms with E-state index in [4.69, 9.17) is 0 Å². The van der Waals surface area contributed by atoms with Gasteiger partial charge in [0.15, 0.2) is 11.5 Å². The molecule has 1 spiro atoms. The van der Waals surface area contributed by atoms with E-state index in [1.807, 2.05) is 13.8 Å². The third-order valence-electron chi connectivity index (χ3n) is 7.11. The second kappa shape index (κ2) is 10.4. The molecule has 2 saturated heterocycles. The number of ketones is 1. The lowest BCUT2D eigenvalue weighted by Crippen LogP contribution is -2.52. The minimum atomic E-state index is -5.02. The number of aromatic nitrogens is 3. The summed E-state index contributed by atoms with van der Waals surface area (Å²) in [6, 6.07) is -2.30. The molecule has 2 aliphatic heterocycles. The predicted molar refractivity (Wildman–Crippen MR) is 121 cm³/mol. The molecule has 3 fully saturated rings. The van der Waals surface area contributed by atoms with Crippen molar-refractivity contribution in [2.75, 3.05) is 19.7 Å². The van der Waals surface area contributed by atoms with Gasteiger partial charge in [-0.2, -0.15) is 0 Å². The van der Waals surface area contributed by atoms with E-state index in [2.05, 4.69) is 25.7 Å². The van der Waals surface area contributed by atoms with Crippen LogP contribution in [0, 0.1) is 17.3 Å². The fourth-order valence-electron chi connectivity index (χ4n) is 5.00. The van der Waals surface area contributed by atoms with Gasteiger partial charge in [-0.15, -0.1) is 18.3 Å². The Balaban J connectivity index is 1.49. The second-order valence-corrected chi connectivity index (χ2v) is 10.6. The van der Waals surface area contributed by atoms with Gasteiger partial charge in [-0.3, -0.25) is 28.6 Å². The fourth-order valence-corrected chi connectivity index (χ4v) is 5.00. The quantitative estimate of drug-likeness (QED) is 0.463. The number of rotatable bonds is 10. The van der Waals surface area contributed by atoms with Gasteiger partial charge in [0.25, 0.3) is 5.91 Å². The number of halogens is 3. The molecule has 4 rings (SSSR count). The van der Waals surface area contributed by atoms with Crippen LogP contribution in [0.1, 0.15) is 56.4 Å². The number of nitrogens with one attached hydrogen (secondary N) is 2. The summed E-state index contributed by atoms with van der Waals surface area (Å²) >= 11 is 0. The minimum absolute atomic E-state index is 0.0879. The van der Waals surface area contributed by atoms with E-state index >= 15 is 0 Å². The van der Waals surface area contributed by atoms with Gasteiger partial charge < -0.3 is 15.5 Å². The van der Waals surface area contributed by atoms with Crippen LogP contribution in [-0.2, 0) is 25.7 Å². The molecule has 0 radical (unpaired) electrons. The van der Waals surface area contributed by atoms with E-state index in [1.165, 1.54) is 11.1 Å². The van der Waals surface area contributed by atoms with Crippen LogP contribution < -0.4 is 10.6 Å². The summed E-state index contributed by atoms with van der Waals surface area (Å²) in [5, 5.41) is 13.1. The van der Waals surface area contributed by atoms with E-state index in [9.17, 15) is 32.3 Å². The average Bonchev–Trinajstić information content (AvgIpc) is 3.12. The fraction of sp³-hybridized carbons (Fsp3) is 0.739. The van der Waals surface area contributed by atoms with Crippen LogP contribution in [0.2, 0.25) is 0 Å². The molecule has 11 nitrogen and oxygen atoms in total. The van der Waals surface area contributed by atoms with E-state index < -0.39 is 48.6 Å². The van der Waals surface area contributed by atoms with Crippen LogP contribution in [0.4, 0.5) is 13.2 Å². The number of Topliss-reactive ketones (excluding diaryl/α,β-unsaturated/α-hetero) is 1. The van der Waals surface area contributed by atoms with Gasteiger partial charge in [0.1, 0.15) is 12.6 Å². The lowest BCUT2D eigenvalue weighted by atomic mass is 9.95. The zero-order valence-electron chi connectivity index (χ0n) is 20.7. The number of carbonyl (C=O) groups excluding carboxylic acids is 4. The van der Waals surface area contributed by atoms with Crippen molar-refractivity contribution in [3.8, 4) is 0 Å². The highest BCUT2D eigenvalue weighted by atomic mass is 19.4. The van der Waals surface area contributed by atoms with Crippen molar-refractivity contribution >= 4 is 23.5 Å². The summed E-state index contributed by atoms with van der Waals surface area (Å²) in [6.45, 7) is 3.97. The molecule has 1 saturated carbocycles. The van der Waals surface area contributed by atoms with E-state index in [-0.39, 0.29) is 29.4 Å². The molecule has 2 N–H and O–H groups in total. The van der Waals surface area contributed by atoms with Crippen LogP contribution in [0.15, 0.2) is 6.20 Å². The molecule has 14 heteroatoms. The molecule has 0 aromatic carbocycles. The van der Waals surface area contributed by atoms with Crippen LogP contribution in [0.3, 0.4) is 0 Å². The summed E-state index contributed by atoms with van der Waals surface area (Å²) in [7, 11) is 0. The molecule has 1 aromatic heterocycles. The third-order valence-corrected chi connectivity index (χ3v) is 7.11. The predicted octanol–water partition coefficient (Wildman–Crippen LogP) is 1.05. The van der Waals surface area contributed by atoms with Crippen LogP contribution in [0.5, 0.6) is 0 Å². The maximum atomic E-state index is 13.4. The highest BCUT2D eigenvalue weighted by Gasteiger charge is 2.55. The van der Waals surface area contributed by atoms with Gasteiger partial charge in [-0.25, -0.2) is 0 Å². The van der Waals surface area contributed by atoms with Gasteiger partial charge in [0.05, 0.1) is 12.2 Å². The first-order chi connectivity index (χ1) is 17.4. The monoisotopic (exact) mass is 528 g/mol. The van der Waals surface area contributed by atoms with Crippen LogP contribution >= 0.6 is 0 Å². The first-order valence-electron chi connectivity index (χ1n) is 12.4. The van der Waals surface area contributed by atoms with Gasteiger partial charge in [-0.1, -0.05) is 19.1 Å². The normalized spacial score (nSPS) is 23.4. The molecule has 3 heterocycles. The molecule has 37 heavy (non-hydrogen) atoms. The van der Waals surface area contributed by atoms with Crippen molar-refractivity contribution < 1.29 is 37.1 Å². The molecule has 1 aromatic rings. The summed E-state index contributed by atoms with van der Waals surface area (Å²) in [6.07, 6.45) is -1.22. The molecule has 3 aliphatic rings. The summed E-state index contributed by atoms with van der Waals surface area (Å²) < 4.78 is 42.8. The largest absolute Gasteiger partial charge is 0.522 e. The third kappa shape index (κ3) is 6.65. The Kier molecular flexibility index (Phi) is 7.58. The molecule has 0 bridgehead atoms. The summed E-state index contributed by atoms with van der Waals surface area (Å²) in [5.74, 6) is -2.82. The second-order valence-electron chi connectivity index (χ2n) is 10.6.